The Kier molecular flexibility index (Phi) is 6.84. The highest BCUT2D eigenvalue weighted by atomic mass is 14.4. The average molecular weight is 739 g/mol. The van der Waals surface area contributed by atoms with E-state index in [1.165, 1.54) is 121 Å². The Bertz CT molecular complexity index is 3330. The first kappa shape index (κ1) is 33.4. The molecule has 0 amide bonds. The summed E-state index contributed by atoms with van der Waals surface area (Å²) in [6.45, 7) is 9.66. The summed E-state index contributed by atoms with van der Waals surface area (Å²) < 4.78 is 0. The first-order valence-electron chi connectivity index (χ1n) is 20.7. The Morgan fingerprint density at radius 3 is 1.41 bits per heavy atom. The molecule has 0 unspecified atom stereocenters. The molecule has 10 aromatic rings. The predicted octanol–water partition coefficient (Wildman–Crippen LogP) is 15.9. The Balaban J connectivity index is 1.01. The maximum atomic E-state index is 2.51. The summed E-state index contributed by atoms with van der Waals surface area (Å²) in [5.74, 6) is 0. The van der Waals surface area contributed by atoms with Crippen LogP contribution in [0.2, 0.25) is 0 Å². The molecule has 0 N–H and O–H groups in total. The summed E-state index contributed by atoms with van der Waals surface area (Å²) in [7, 11) is 0. The number of rotatable bonds is 3. The van der Waals surface area contributed by atoms with E-state index in [2.05, 4.69) is 210 Å². The topological polar surface area (TPSA) is 0 Å². The van der Waals surface area contributed by atoms with E-state index in [1.807, 2.05) is 0 Å². The lowest BCUT2D eigenvalue weighted by Gasteiger charge is -2.26. The zero-order valence-corrected chi connectivity index (χ0v) is 33.3. The third-order valence-corrected chi connectivity index (χ3v) is 13.8. The zero-order valence-electron chi connectivity index (χ0n) is 33.3. The van der Waals surface area contributed by atoms with Gasteiger partial charge in [0.15, 0.2) is 0 Å². The molecular weight excluding hydrogens is 697 g/mol. The van der Waals surface area contributed by atoms with Gasteiger partial charge in [0.25, 0.3) is 0 Å². The van der Waals surface area contributed by atoms with Crippen molar-refractivity contribution in [2.45, 2.75) is 38.5 Å². The van der Waals surface area contributed by atoms with Crippen molar-refractivity contribution in [2.75, 3.05) is 0 Å². The molecular formula is C58H42. The van der Waals surface area contributed by atoms with Crippen LogP contribution in [0.5, 0.6) is 0 Å². The normalized spacial score (nSPS) is 14.5. The van der Waals surface area contributed by atoms with Crippen molar-refractivity contribution in [3.05, 3.63) is 204 Å². The summed E-state index contributed by atoms with van der Waals surface area (Å²) in [6, 6.07) is 68.7. The number of fused-ring (bicyclic) bond motifs is 10. The first-order chi connectivity index (χ1) is 28.3. The maximum Gasteiger partial charge on any atom is 0.0165 e. The second-order valence-electron chi connectivity index (χ2n) is 17.6. The standard InChI is InChI=1S/C58H42/c1-57(2)51-33-38(41-24-14-26-49-50-31-36-16-5-6-17-37(36)32-53(50)58(3,4)56(41)49)27-29-42(51)43-30-28-39(34-52(43)57)54-45-20-9-11-22-47(45)55(48-23-12-10-21-46(48)54)44-25-13-18-35-15-7-8-19-40(35)44/h5-34H,1-4H3. The van der Waals surface area contributed by atoms with Gasteiger partial charge in [-0.05, 0) is 145 Å². The Hall–Kier alpha value is -6.76. The minimum atomic E-state index is -0.181. The molecule has 0 radical (unpaired) electrons. The number of hydrogen-bond acceptors (Lipinski definition) is 0. The molecule has 2 aliphatic rings. The van der Waals surface area contributed by atoms with Crippen molar-refractivity contribution >= 4 is 43.1 Å². The molecule has 0 aliphatic heterocycles. The molecule has 0 fully saturated rings. The van der Waals surface area contributed by atoms with Gasteiger partial charge in [-0.1, -0.05) is 185 Å². The minimum absolute atomic E-state index is 0.119. The van der Waals surface area contributed by atoms with Crippen molar-refractivity contribution in [1.82, 2.24) is 0 Å². The molecule has 0 aromatic heterocycles. The summed E-state index contributed by atoms with van der Waals surface area (Å²) in [4.78, 5) is 0. The molecule has 0 saturated heterocycles. The Morgan fingerprint density at radius 1 is 0.276 bits per heavy atom. The Morgan fingerprint density at radius 2 is 0.741 bits per heavy atom. The minimum Gasteiger partial charge on any atom is -0.0616 e. The summed E-state index contributed by atoms with van der Waals surface area (Å²) >= 11 is 0. The molecule has 0 bridgehead atoms. The van der Waals surface area contributed by atoms with Crippen LogP contribution in [0.1, 0.15) is 49.9 Å². The van der Waals surface area contributed by atoms with E-state index in [-0.39, 0.29) is 10.8 Å². The monoisotopic (exact) mass is 738 g/mol. The van der Waals surface area contributed by atoms with Gasteiger partial charge in [-0.2, -0.15) is 0 Å². The fraction of sp³-hybridized carbons (Fsp3) is 0.103. The van der Waals surface area contributed by atoms with Crippen molar-refractivity contribution in [3.8, 4) is 55.6 Å². The number of hydrogen-bond donors (Lipinski definition) is 0. The van der Waals surface area contributed by atoms with E-state index in [4.69, 9.17) is 0 Å². The van der Waals surface area contributed by atoms with E-state index < -0.39 is 0 Å². The van der Waals surface area contributed by atoms with Gasteiger partial charge in [0.05, 0.1) is 0 Å². The third kappa shape index (κ3) is 4.52. The van der Waals surface area contributed by atoms with Gasteiger partial charge in [-0.3, -0.25) is 0 Å². The van der Waals surface area contributed by atoms with Crippen molar-refractivity contribution in [3.63, 3.8) is 0 Å². The van der Waals surface area contributed by atoms with Crippen LogP contribution < -0.4 is 0 Å². The molecule has 0 atom stereocenters. The summed E-state index contributed by atoms with van der Waals surface area (Å²) in [6.07, 6.45) is 0. The van der Waals surface area contributed by atoms with E-state index in [0.717, 1.165) is 0 Å². The lowest BCUT2D eigenvalue weighted by Crippen LogP contribution is -2.17. The van der Waals surface area contributed by atoms with Gasteiger partial charge in [0.1, 0.15) is 0 Å². The van der Waals surface area contributed by atoms with Crippen LogP contribution in [-0.2, 0) is 10.8 Å². The molecule has 0 spiro atoms. The van der Waals surface area contributed by atoms with Gasteiger partial charge >= 0.3 is 0 Å². The van der Waals surface area contributed by atoms with Crippen LogP contribution in [0.3, 0.4) is 0 Å². The van der Waals surface area contributed by atoms with Gasteiger partial charge in [-0.15, -0.1) is 0 Å². The molecule has 10 aromatic carbocycles. The largest absolute Gasteiger partial charge is 0.0616 e. The van der Waals surface area contributed by atoms with Gasteiger partial charge in [0.2, 0.25) is 0 Å². The fourth-order valence-electron chi connectivity index (χ4n) is 11.0. The molecule has 0 heterocycles. The van der Waals surface area contributed by atoms with E-state index in [1.54, 1.807) is 0 Å². The quantitative estimate of drug-likeness (QED) is 0.158. The van der Waals surface area contributed by atoms with Crippen LogP contribution in [-0.4, -0.2) is 0 Å². The fourth-order valence-corrected chi connectivity index (χ4v) is 11.0. The number of benzene rings is 10. The maximum absolute atomic E-state index is 2.51. The smallest absolute Gasteiger partial charge is 0.0165 e. The van der Waals surface area contributed by atoms with Crippen LogP contribution >= 0.6 is 0 Å². The van der Waals surface area contributed by atoms with Crippen LogP contribution in [0, 0.1) is 0 Å². The Labute approximate surface area is 340 Å². The van der Waals surface area contributed by atoms with Crippen molar-refractivity contribution < 1.29 is 0 Å². The summed E-state index contributed by atoms with van der Waals surface area (Å²) in [5, 5.41) is 10.3. The van der Waals surface area contributed by atoms with Gasteiger partial charge in [0, 0.05) is 10.8 Å². The van der Waals surface area contributed by atoms with Crippen molar-refractivity contribution in [1.29, 1.82) is 0 Å². The second kappa shape index (κ2) is 11.9. The second-order valence-corrected chi connectivity index (χ2v) is 17.6. The van der Waals surface area contributed by atoms with Crippen LogP contribution in [0.15, 0.2) is 182 Å². The highest BCUT2D eigenvalue weighted by Crippen LogP contribution is 2.56. The lowest BCUT2D eigenvalue weighted by atomic mass is 9.77. The van der Waals surface area contributed by atoms with Crippen LogP contribution in [0.25, 0.3) is 98.7 Å². The van der Waals surface area contributed by atoms with E-state index in [9.17, 15) is 0 Å². The highest BCUT2D eigenvalue weighted by Gasteiger charge is 2.40. The lowest BCUT2D eigenvalue weighted by molar-refractivity contribution is 0.659. The van der Waals surface area contributed by atoms with Gasteiger partial charge in [-0.25, -0.2) is 0 Å². The van der Waals surface area contributed by atoms with Gasteiger partial charge < -0.3 is 0 Å². The van der Waals surface area contributed by atoms with Crippen molar-refractivity contribution in [2.24, 2.45) is 0 Å². The predicted molar refractivity (Wildman–Crippen MR) is 248 cm³/mol. The van der Waals surface area contributed by atoms with E-state index in [0.29, 0.717) is 0 Å². The third-order valence-electron chi connectivity index (χ3n) is 13.8. The molecule has 12 rings (SSSR count). The average Bonchev–Trinajstić information content (AvgIpc) is 3.62. The molecule has 58 heavy (non-hydrogen) atoms. The molecule has 0 saturated carbocycles. The highest BCUT2D eigenvalue weighted by molar-refractivity contribution is 6.23. The SMILES string of the molecule is CC1(C)c2cc(-c3cccc4c3C(C)(C)c3cc5ccccc5cc3-4)ccc2-c2ccc(-c3c4ccccc4c(-c4cccc5ccccc45)c4ccccc34)cc21. The molecule has 274 valence electrons. The summed E-state index contributed by atoms with van der Waals surface area (Å²) in [5.41, 5.74) is 18.5. The zero-order chi connectivity index (χ0) is 38.9. The molecule has 2 aliphatic carbocycles. The molecule has 0 heteroatoms. The van der Waals surface area contributed by atoms with Crippen LogP contribution in [0.4, 0.5) is 0 Å². The van der Waals surface area contributed by atoms with E-state index >= 15 is 0 Å². The first-order valence-corrected chi connectivity index (χ1v) is 20.7. The molecule has 0 nitrogen and oxygen atoms in total.